The quantitative estimate of drug-likeness (QED) is 0.839. The zero-order valence-electron chi connectivity index (χ0n) is 9.43. The van der Waals surface area contributed by atoms with Gasteiger partial charge in [0.05, 0.1) is 12.7 Å². The molecule has 0 saturated carbocycles. The fourth-order valence-electron chi connectivity index (χ4n) is 1.39. The van der Waals surface area contributed by atoms with Gasteiger partial charge in [0.15, 0.2) is 5.76 Å². The molecule has 1 amide bonds. The summed E-state index contributed by atoms with van der Waals surface area (Å²) in [6.07, 6.45) is 1.54. The summed E-state index contributed by atoms with van der Waals surface area (Å²) in [4.78, 5) is 11.7. The molecule has 0 atom stereocenters. The van der Waals surface area contributed by atoms with Crippen LogP contribution in [0.25, 0.3) is 0 Å². The zero-order valence-corrected chi connectivity index (χ0v) is 9.43. The summed E-state index contributed by atoms with van der Waals surface area (Å²) in [6, 6.07) is 8.94. The van der Waals surface area contributed by atoms with Gasteiger partial charge < -0.3 is 15.2 Å². The van der Waals surface area contributed by atoms with E-state index in [1.807, 2.05) is 19.2 Å². The van der Waals surface area contributed by atoms with Crippen molar-refractivity contribution >= 4 is 11.6 Å². The van der Waals surface area contributed by atoms with E-state index in [9.17, 15) is 4.79 Å². The highest BCUT2D eigenvalue weighted by Crippen LogP contribution is 2.08. The van der Waals surface area contributed by atoms with Crippen LogP contribution < -0.4 is 10.6 Å². The Hall–Kier alpha value is -2.30. The second-order valence-corrected chi connectivity index (χ2v) is 3.49. The Labute approximate surface area is 98.8 Å². The summed E-state index contributed by atoms with van der Waals surface area (Å²) >= 11 is 0. The van der Waals surface area contributed by atoms with Crippen molar-refractivity contribution in [1.82, 2.24) is 10.5 Å². The normalized spacial score (nSPS) is 9.94. The van der Waals surface area contributed by atoms with E-state index in [-0.39, 0.29) is 5.91 Å². The second kappa shape index (κ2) is 5.16. The molecule has 0 bridgehead atoms. The first-order valence-corrected chi connectivity index (χ1v) is 5.25. The lowest BCUT2D eigenvalue weighted by Crippen LogP contribution is -2.22. The maximum absolute atomic E-state index is 11.7. The third-order valence-electron chi connectivity index (χ3n) is 2.35. The van der Waals surface area contributed by atoms with Crippen LogP contribution in [-0.2, 0) is 6.54 Å². The zero-order chi connectivity index (χ0) is 12.1. The van der Waals surface area contributed by atoms with Crippen LogP contribution in [0.2, 0.25) is 0 Å². The number of anilines is 1. The number of aromatic nitrogens is 1. The number of carbonyl (C=O) groups excluding carboxylic acids is 1. The van der Waals surface area contributed by atoms with E-state index in [4.69, 9.17) is 4.52 Å². The molecule has 0 radical (unpaired) electrons. The van der Waals surface area contributed by atoms with E-state index in [1.165, 1.54) is 0 Å². The van der Waals surface area contributed by atoms with Crippen molar-refractivity contribution in [2.75, 3.05) is 12.4 Å². The van der Waals surface area contributed by atoms with Crippen molar-refractivity contribution in [1.29, 1.82) is 0 Å². The minimum absolute atomic E-state index is 0.135. The van der Waals surface area contributed by atoms with Gasteiger partial charge in [-0.1, -0.05) is 5.16 Å². The maximum atomic E-state index is 11.7. The highest BCUT2D eigenvalue weighted by Gasteiger charge is 2.05. The predicted octanol–water partition coefficient (Wildman–Crippen LogP) is 1.65. The highest BCUT2D eigenvalue weighted by atomic mass is 16.5. The third kappa shape index (κ3) is 2.84. The van der Waals surface area contributed by atoms with Gasteiger partial charge in [-0.05, 0) is 24.3 Å². The SMILES string of the molecule is CNc1ccc(C(=O)NCc2ccno2)cc1. The molecule has 1 aromatic heterocycles. The summed E-state index contributed by atoms with van der Waals surface area (Å²) < 4.78 is 4.88. The molecule has 0 aliphatic heterocycles. The van der Waals surface area contributed by atoms with Crippen molar-refractivity contribution in [3.63, 3.8) is 0 Å². The predicted molar refractivity (Wildman–Crippen MR) is 63.7 cm³/mol. The van der Waals surface area contributed by atoms with E-state index >= 15 is 0 Å². The number of benzene rings is 1. The lowest BCUT2D eigenvalue weighted by atomic mass is 10.2. The van der Waals surface area contributed by atoms with Gasteiger partial charge in [0, 0.05) is 24.4 Å². The number of hydrogen-bond donors (Lipinski definition) is 2. The second-order valence-electron chi connectivity index (χ2n) is 3.49. The molecular formula is C12H13N3O2. The maximum Gasteiger partial charge on any atom is 0.251 e. The van der Waals surface area contributed by atoms with Gasteiger partial charge in [-0.2, -0.15) is 0 Å². The minimum atomic E-state index is -0.135. The number of hydrogen-bond acceptors (Lipinski definition) is 4. The fourth-order valence-corrected chi connectivity index (χ4v) is 1.39. The standard InChI is InChI=1S/C12H13N3O2/c1-13-10-4-2-9(3-5-10)12(16)14-8-11-6-7-15-17-11/h2-7,13H,8H2,1H3,(H,14,16). The van der Waals surface area contributed by atoms with Crippen LogP contribution >= 0.6 is 0 Å². The Balaban J connectivity index is 1.95. The molecule has 2 rings (SSSR count). The van der Waals surface area contributed by atoms with Crippen LogP contribution in [0.3, 0.4) is 0 Å². The van der Waals surface area contributed by atoms with E-state index in [0.717, 1.165) is 5.69 Å². The summed E-state index contributed by atoms with van der Waals surface area (Å²) in [5.74, 6) is 0.495. The molecule has 1 aromatic carbocycles. The molecule has 5 heteroatoms. The smallest absolute Gasteiger partial charge is 0.251 e. The minimum Gasteiger partial charge on any atom is -0.388 e. The number of carbonyl (C=O) groups is 1. The topological polar surface area (TPSA) is 67.2 Å². The van der Waals surface area contributed by atoms with Crippen LogP contribution in [0.1, 0.15) is 16.1 Å². The monoisotopic (exact) mass is 231 g/mol. The third-order valence-corrected chi connectivity index (χ3v) is 2.35. The molecule has 0 spiro atoms. The van der Waals surface area contributed by atoms with Gasteiger partial charge in [0.1, 0.15) is 0 Å². The molecule has 0 unspecified atom stereocenters. The molecule has 1 heterocycles. The number of nitrogens with zero attached hydrogens (tertiary/aromatic N) is 1. The van der Waals surface area contributed by atoms with E-state index in [0.29, 0.717) is 17.9 Å². The van der Waals surface area contributed by atoms with E-state index in [1.54, 1.807) is 24.4 Å². The highest BCUT2D eigenvalue weighted by molar-refractivity contribution is 5.94. The van der Waals surface area contributed by atoms with Crippen molar-refractivity contribution in [2.45, 2.75) is 6.54 Å². The largest absolute Gasteiger partial charge is 0.388 e. The lowest BCUT2D eigenvalue weighted by molar-refractivity contribution is 0.0947. The molecule has 2 aromatic rings. The van der Waals surface area contributed by atoms with Crippen LogP contribution in [0.5, 0.6) is 0 Å². The van der Waals surface area contributed by atoms with Crippen LogP contribution in [0.4, 0.5) is 5.69 Å². The van der Waals surface area contributed by atoms with Crippen molar-refractivity contribution in [3.8, 4) is 0 Å². The fraction of sp³-hybridized carbons (Fsp3) is 0.167. The Morgan fingerprint density at radius 2 is 2.06 bits per heavy atom. The molecule has 0 saturated heterocycles. The number of amides is 1. The first-order chi connectivity index (χ1) is 8.29. The summed E-state index contributed by atoms with van der Waals surface area (Å²) in [7, 11) is 1.83. The molecule has 88 valence electrons. The van der Waals surface area contributed by atoms with Gasteiger partial charge in [-0.3, -0.25) is 4.79 Å². The molecule has 0 fully saturated rings. The average molecular weight is 231 g/mol. The number of nitrogens with one attached hydrogen (secondary N) is 2. The molecule has 0 aliphatic rings. The lowest BCUT2D eigenvalue weighted by Gasteiger charge is -2.04. The number of rotatable bonds is 4. The van der Waals surface area contributed by atoms with E-state index < -0.39 is 0 Å². The Kier molecular flexibility index (Phi) is 3.40. The van der Waals surface area contributed by atoms with Crippen LogP contribution in [0, 0.1) is 0 Å². The Morgan fingerprint density at radius 1 is 1.29 bits per heavy atom. The molecule has 2 N–H and O–H groups in total. The van der Waals surface area contributed by atoms with Gasteiger partial charge in [0.2, 0.25) is 0 Å². The van der Waals surface area contributed by atoms with Crippen molar-refractivity contribution < 1.29 is 9.32 Å². The Bertz CT molecular complexity index is 477. The van der Waals surface area contributed by atoms with Crippen LogP contribution in [0.15, 0.2) is 41.1 Å². The molecule has 0 aliphatic carbocycles. The Morgan fingerprint density at radius 3 is 2.65 bits per heavy atom. The summed E-state index contributed by atoms with van der Waals surface area (Å²) in [5, 5.41) is 9.30. The van der Waals surface area contributed by atoms with Crippen molar-refractivity contribution in [2.24, 2.45) is 0 Å². The van der Waals surface area contributed by atoms with Gasteiger partial charge in [-0.15, -0.1) is 0 Å². The summed E-state index contributed by atoms with van der Waals surface area (Å²) in [5.41, 5.74) is 1.58. The molecule has 5 nitrogen and oxygen atoms in total. The molecule has 17 heavy (non-hydrogen) atoms. The van der Waals surface area contributed by atoms with E-state index in [2.05, 4.69) is 15.8 Å². The van der Waals surface area contributed by atoms with Crippen LogP contribution in [-0.4, -0.2) is 18.1 Å². The first-order valence-electron chi connectivity index (χ1n) is 5.25. The summed E-state index contributed by atoms with van der Waals surface area (Å²) in [6.45, 7) is 0.340. The first kappa shape index (κ1) is 11.2. The molecular weight excluding hydrogens is 218 g/mol. The van der Waals surface area contributed by atoms with Gasteiger partial charge in [-0.25, -0.2) is 0 Å². The average Bonchev–Trinajstić information content (AvgIpc) is 2.89. The van der Waals surface area contributed by atoms with Gasteiger partial charge in [0.25, 0.3) is 5.91 Å². The van der Waals surface area contributed by atoms with Gasteiger partial charge >= 0.3 is 0 Å². The van der Waals surface area contributed by atoms with Crippen molar-refractivity contribution in [3.05, 3.63) is 47.9 Å².